The molecule has 0 aliphatic heterocycles. The van der Waals surface area contributed by atoms with Crippen molar-refractivity contribution in [3.63, 3.8) is 0 Å². The first kappa shape index (κ1) is 18.6. The Hall–Kier alpha value is -3.22. The summed E-state index contributed by atoms with van der Waals surface area (Å²) in [7, 11) is 0. The Morgan fingerprint density at radius 1 is 1.15 bits per heavy atom. The third-order valence-corrected chi connectivity index (χ3v) is 3.97. The summed E-state index contributed by atoms with van der Waals surface area (Å²) in [4.78, 5) is 23.6. The lowest BCUT2D eigenvalue weighted by Crippen LogP contribution is -2.21. The van der Waals surface area contributed by atoms with Crippen LogP contribution in [0.2, 0.25) is 0 Å². The average Bonchev–Trinajstić information content (AvgIpc) is 2.62. The third-order valence-electron chi connectivity index (χ3n) is 3.97. The number of amides is 1. The molecule has 1 amide bonds. The van der Waals surface area contributed by atoms with Gasteiger partial charge in [0.25, 0.3) is 5.91 Å². The molecule has 3 rings (SSSR count). The molecule has 5 nitrogen and oxygen atoms in total. The average molecular weight is 373 g/mol. The van der Waals surface area contributed by atoms with Crippen molar-refractivity contribution >= 4 is 22.6 Å². The van der Waals surface area contributed by atoms with Crippen LogP contribution in [0, 0.1) is 11.6 Å². The molecule has 27 heavy (non-hydrogen) atoms. The number of benzene rings is 2. The van der Waals surface area contributed by atoms with Crippen LogP contribution in [0.5, 0.6) is 5.75 Å². The van der Waals surface area contributed by atoms with E-state index in [0.717, 1.165) is 23.1 Å². The third kappa shape index (κ3) is 4.13. The van der Waals surface area contributed by atoms with Crippen LogP contribution in [-0.4, -0.2) is 12.5 Å². The number of hydrogen-bond donors (Lipinski definition) is 1. The van der Waals surface area contributed by atoms with Gasteiger partial charge in [-0.05, 0) is 35.7 Å². The van der Waals surface area contributed by atoms with E-state index in [4.69, 9.17) is 9.15 Å². The van der Waals surface area contributed by atoms with Gasteiger partial charge in [-0.15, -0.1) is 0 Å². The highest BCUT2D eigenvalue weighted by Crippen LogP contribution is 2.27. The first-order valence-corrected chi connectivity index (χ1v) is 8.29. The lowest BCUT2D eigenvalue weighted by molar-refractivity contribution is -0.118. The molecule has 0 saturated carbocycles. The summed E-state index contributed by atoms with van der Waals surface area (Å²) in [5.41, 5.74) is 0.179. The van der Waals surface area contributed by atoms with Gasteiger partial charge >= 0.3 is 5.63 Å². The Labute approximate surface area is 153 Å². The van der Waals surface area contributed by atoms with Crippen molar-refractivity contribution in [2.24, 2.45) is 0 Å². The molecular weight excluding hydrogens is 356 g/mol. The van der Waals surface area contributed by atoms with Crippen molar-refractivity contribution in [2.45, 2.75) is 19.8 Å². The molecule has 0 bridgehead atoms. The highest BCUT2D eigenvalue weighted by molar-refractivity contribution is 5.92. The number of fused-ring (bicyclic) bond motifs is 1. The molecule has 0 unspecified atom stereocenters. The van der Waals surface area contributed by atoms with Crippen molar-refractivity contribution in [1.29, 1.82) is 0 Å². The number of carbonyl (C=O) groups excluding carboxylic acids is 1. The molecule has 0 aliphatic carbocycles. The number of hydrogen-bond acceptors (Lipinski definition) is 4. The van der Waals surface area contributed by atoms with Crippen molar-refractivity contribution in [1.82, 2.24) is 0 Å². The zero-order valence-electron chi connectivity index (χ0n) is 14.7. The fourth-order valence-electron chi connectivity index (χ4n) is 2.68. The van der Waals surface area contributed by atoms with E-state index in [1.165, 1.54) is 18.2 Å². The van der Waals surface area contributed by atoms with Gasteiger partial charge < -0.3 is 14.5 Å². The zero-order chi connectivity index (χ0) is 19.6. The SMILES string of the molecule is CC(C)c1cc(=O)oc2cc(OCC(=O)Nc3c(F)cccc3F)ccc12. The van der Waals surface area contributed by atoms with Gasteiger partial charge in [-0.1, -0.05) is 19.9 Å². The number of ether oxygens (including phenoxy) is 1. The van der Waals surface area contributed by atoms with Crippen LogP contribution in [0.15, 0.2) is 51.7 Å². The number of rotatable bonds is 5. The zero-order valence-corrected chi connectivity index (χ0v) is 14.7. The van der Waals surface area contributed by atoms with E-state index in [1.807, 2.05) is 13.8 Å². The molecular formula is C20H17F2NO4. The highest BCUT2D eigenvalue weighted by atomic mass is 19.1. The van der Waals surface area contributed by atoms with Gasteiger partial charge in [-0.25, -0.2) is 13.6 Å². The van der Waals surface area contributed by atoms with Gasteiger partial charge in [0.2, 0.25) is 0 Å². The van der Waals surface area contributed by atoms with Crippen LogP contribution in [0.4, 0.5) is 14.5 Å². The second-order valence-corrected chi connectivity index (χ2v) is 6.27. The largest absolute Gasteiger partial charge is 0.484 e. The van der Waals surface area contributed by atoms with Gasteiger partial charge in [-0.3, -0.25) is 4.79 Å². The molecule has 0 fully saturated rings. The van der Waals surface area contributed by atoms with Crippen molar-refractivity contribution in [2.75, 3.05) is 11.9 Å². The molecule has 1 heterocycles. The molecule has 0 radical (unpaired) electrons. The van der Waals surface area contributed by atoms with E-state index in [-0.39, 0.29) is 11.7 Å². The molecule has 1 N–H and O–H groups in total. The highest BCUT2D eigenvalue weighted by Gasteiger charge is 2.13. The maximum absolute atomic E-state index is 13.6. The Bertz CT molecular complexity index is 1040. The van der Waals surface area contributed by atoms with Gasteiger partial charge in [0, 0.05) is 17.5 Å². The van der Waals surface area contributed by atoms with Gasteiger partial charge in [0.15, 0.2) is 6.61 Å². The fraction of sp³-hybridized carbons (Fsp3) is 0.200. The standard InChI is InChI=1S/C20H17F2NO4/c1-11(2)14-9-19(25)27-17-8-12(6-7-13(14)17)26-10-18(24)23-20-15(21)4-3-5-16(20)22/h3-9,11H,10H2,1-2H3,(H,23,24). The monoisotopic (exact) mass is 373 g/mol. The van der Waals surface area contributed by atoms with Gasteiger partial charge in [-0.2, -0.15) is 0 Å². The number of halogens is 2. The van der Waals surface area contributed by atoms with Gasteiger partial charge in [0.1, 0.15) is 28.7 Å². The minimum atomic E-state index is -0.878. The molecule has 0 spiro atoms. The van der Waals surface area contributed by atoms with E-state index >= 15 is 0 Å². The fourth-order valence-corrected chi connectivity index (χ4v) is 2.68. The number of anilines is 1. The van der Waals surface area contributed by atoms with Crippen LogP contribution in [0.3, 0.4) is 0 Å². The molecule has 2 aromatic carbocycles. The van der Waals surface area contributed by atoms with Crippen molar-refractivity contribution in [3.8, 4) is 5.75 Å². The van der Waals surface area contributed by atoms with Crippen molar-refractivity contribution < 1.29 is 22.7 Å². The summed E-state index contributed by atoms with van der Waals surface area (Å²) in [6.45, 7) is 3.46. The summed E-state index contributed by atoms with van der Waals surface area (Å²) in [6, 6.07) is 9.59. The normalized spacial score (nSPS) is 11.0. The number of carbonyl (C=O) groups is 1. The summed E-state index contributed by atoms with van der Waals surface area (Å²) in [5.74, 6) is -2.06. The molecule has 0 atom stereocenters. The van der Waals surface area contributed by atoms with E-state index in [9.17, 15) is 18.4 Å². The Balaban J connectivity index is 1.75. The second kappa shape index (κ2) is 7.57. The minimum Gasteiger partial charge on any atom is -0.484 e. The van der Waals surface area contributed by atoms with Crippen molar-refractivity contribution in [3.05, 3.63) is 70.1 Å². The van der Waals surface area contributed by atoms with Crippen LogP contribution in [0.25, 0.3) is 11.0 Å². The first-order valence-electron chi connectivity index (χ1n) is 8.29. The molecule has 1 aromatic heterocycles. The Kier molecular flexibility index (Phi) is 5.21. The van der Waals surface area contributed by atoms with E-state index in [2.05, 4.69) is 5.32 Å². The van der Waals surface area contributed by atoms with Crippen LogP contribution in [0.1, 0.15) is 25.3 Å². The first-order chi connectivity index (χ1) is 12.8. The summed E-state index contributed by atoms with van der Waals surface area (Å²) in [5, 5.41) is 2.90. The lowest BCUT2D eigenvalue weighted by atomic mass is 10.00. The second-order valence-electron chi connectivity index (χ2n) is 6.27. The molecule has 140 valence electrons. The molecule has 0 aliphatic rings. The summed E-state index contributed by atoms with van der Waals surface area (Å²) < 4.78 is 37.6. The van der Waals surface area contributed by atoms with E-state index < -0.39 is 35.5 Å². The van der Waals surface area contributed by atoms with Crippen LogP contribution in [-0.2, 0) is 4.79 Å². The Morgan fingerprint density at radius 3 is 2.52 bits per heavy atom. The maximum Gasteiger partial charge on any atom is 0.336 e. The topological polar surface area (TPSA) is 68.5 Å². The number of para-hydroxylation sites is 1. The lowest BCUT2D eigenvalue weighted by Gasteiger charge is -2.11. The summed E-state index contributed by atoms with van der Waals surface area (Å²) in [6.07, 6.45) is 0. The predicted molar refractivity (Wildman–Crippen MR) is 97.1 cm³/mol. The van der Waals surface area contributed by atoms with Crippen LogP contribution >= 0.6 is 0 Å². The molecule has 7 heteroatoms. The van der Waals surface area contributed by atoms with E-state index in [0.29, 0.717) is 5.58 Å². The van der Waals surface area contributed by atoms with Gasteiger partial charge in [0.05, 0.1) is 0 Å². The quantitative estimate of drug-likeness (QED) is 0.680. The maximum atomic E-state index is 13.6. The van der Waals surface area contributed by atoms with Crippen LogP contribution < -0.4 is 15.7 Å². The molecule has 0 saturated heterocycles. The molecule has 3 aromatic rings. The predicted octanol–water partition coefficient (Wildman–Crippen LogP) is 4.21. The number of nitrogens with one attached hydrogen (secondary N) is 1. The summed E-state index contributed by atoms with van der Waals surface area (Å²) >= 11 is 0. The Morgan fingerprint density at radius 2 is 1.85 bits per heavy atom. The minimum absolute atomic E-state index is 0.129. The smallest absolute Gasteiger partial charge is 0.336 e. The van der Waals surface area contributed by atoms with E-state index in [1.54, 1.807) is 12.1 Å².